The molecule has 0 fully saturated rings. The van der Waals surface area contributed by atoms with Gasteiger partial charge in [0.1, 0.15) is 0 Å². The average Bonchev–Trinajstić information content (AvgIpc) is 2.62. The van der Waals surface area contributed by atoms with Crippen LogP contribution in [0.1, 0.15) is 12.6 Å². The second kappa shape index (κ2) is 4.56. The molecule has 0 aliphatic carbocycles. The van der Waals surface area contributed by atoms with Gasteiger partial charge in [-0.15, -0.1) is 0 Å². The molecule has 0 unspecified atom stereocenters. The number of hydrogen-bond acceptors (Lipinski definition) is 4. The highest BCUT2D eigenvalue weighted by atomic mass is 32.2. The third-order valence-electron chi connectivity index (χ3n) is 2.09. The van der Waals surface area contributed by atoms with Gasteiger partial charge in [-0.1, -0.05) is 6.92 Å². The fourth-order valence-corrected chi connectivity index (χ4v) is 1.86. The summed E-state index contributed by atoms with van der Waals surface area (Å²) in [4.78, 5) is 3.91. The molecule has 0 aromatic carbocycles. The summed E-state index contributed by atoms with van der Waals surface area (Å²) in [6.07, 6.45) is 3.26. The predicted octanol–water partition coefficient (Wildman–Crippen LogP) is -0.224. The van der Waals surface area contributed by atoms with Crippen molar-refractivity contribution in [1.29, 1.82) is 0 Å². The van der Waals surface area contributed by atoms with E-state index in [1.807, 2.05) is 0 Å². The molecule has 6 heteroatoms. The van der Waals surface area contributed by atoms with E-state index < -0.39 is 9.84 Å². The largest absolute Gasteiger partial charge is 0.332 e. The van der Waals surface area contributed by atoms with E-state index in [1.165, 1.54) is 0 Å². The Morgan fingerprint density at radius 3 is 2.86 bits per heavy atom. The van der Waals surface area contributed by atoms with Crippen molar-refractivity contribution in [1.82, 2.24) is 9.55 Å². The zero-order valence-electron chi connectivity index (χ0n) is 8.18. The Labute approximate surface area is 83.9 Å². The molecular weight excluding hydrogens is 202 g/mol. The Balaban J connectivity index is 2.62. The molecular formula is C8H15N3O2S. The van der Waals surface area contributed by atoms with Gasteiger partial charge < -0.3 is 10.3 Å². The van der Waals surface area contributed by atoms with E-state index in [1.54, 1.807) is 24.0 Å². The zero-order chi connectivity index (χ0) is 10.6. The van der Waals surface area contributed by atoms with Crippen LogP contribution in [0.2, 0.25) is 0 Å². The molecule has 0 amide bonds. The molecule has 2 N–H and O–H groups in total. The number of aromatic nitrogens is 2. The minimum atomic E-state index is -2.91. The fourth-order valence-electron chi connectivity index (χ4n) is 1.10. The lowest BCUT2D eigenvalue weighted by Crippen LogP contribution is -2.16. The summed E-state index contributed by atoms with van der Waals surface area (Å²) in [6.45, 7) is 2.46. The summed E-state index contributed by atoms with van der Waals surface area (Å²) < 4.78 is 24.2. The summed E-state index contributed by atoms with van der Waals surface area (Å²) in [5.41, 5.74) is 6.31. The van der Waals surface area contributed by atoms with E-state index in [2.05, 4.69) is 4.98 Å². The third kappa shape index (κ3) is 2.81. The van der Waals surface area contributed by atoms with Crippen LogP contribution in [0.4, 0.5) is 0 Å². The molecule has 0 aliphatic heterocycles. The molecule has 80 valence electrons. The van der Waals surface area contributed by atoms with Crippen molar-refractivity contribution in [3.63, 3.8) is 0 Å². The van der Waals surface area contributed by atoms with Crippen molar-refractivity contribution < 1.29 is 8.42 Å². The van der Waals surface area contributed by atoms with E-state index in [0.29, 0.717) is 13.1 Å². The zero-order valence-corrected chi connectivity index (χ0v) is 9.00. The van der Waals surface area contributed by atoms with Crippen molar-refractivity contribution in [3.8, 4) is 0 Å². The van der Waals surface area contributed by atoms with Gasteiger partial charge in [-0.2, -0.15) is 0 Å². The molecule has 0 radical (unpaired) electrons. The highest BCUT2D eigenvalue weighted by Gasteiger charge is 2.08. The molecule has 5 nitrogen and oxygen atoms in total. The van der Waals surface area contributed by atoms with Crippen LogP contribution in [0.25, 0.3) is 0 Å². The lowest BCUT2D eigenvalue weighted by atomic mass is 10.4. The van der Waals surface area contributed by atoms with E-state index in [4.69, 9.17) is 5.73 Å². The Bertz CT molecular complexity index is 383. The van der Waals surface area contributed by atoms with Gasteiger partial charge in [0.25, 0.3) is 0 Å². The first-order chi connectivity index (χ1) is 6.59. The third-order valence-corrected chi connectivity index (χ3v) is 3.77. The Kier molecular flexibility index (Phi) is 3.65. The van der Waals surface area contributed by atoms with Gasteiger partial charge >= 0.3 is 0 Å². The number of aryl methyl sites for hydroxylation is 1. The smallest absolute Gasteiger partial charge is 0.151 e. The molecule has 1 aromatic heterocycles. The molecule has 0 bridgehead atoms. The van der Waals surface area contributed by atoms with E-state index in [-0.39, 0.29) is 11.5 Å². The van der Waals surface area contributed by atoms with Crippen molar-refractivity contribution in [2.24, 2.45) is 5.73 Å². The van der Waals surface area contributed by atoms with Crippen LogP contribution in [0.5, 0.6) is 0 Å². The standard InChI is InChI=1S/C8H15N3O2S/c1-2-14(12,13)4-3-11-7-10-6-8(11)5-9/h6-7H,2-5,9H2,1H3. The van der Waals surface area contributed by atoms with Crippen molar-refractivity contribution in [2.45, 2.75) is 20.0 Å². The van der Waals surface area contributed by atoms with Gasteiger partial charge in [0.2, 0.25) is 0 Å². The number of hydrogen-bond donors (Lipinski definition) is 1. The minimum Gasteiger partial charge on any atom is -0.332 e. The molecule has 0 spiro atoms. The lowest BCUT2D eigenvalue weighted by Gasteiger charge is -2.05. The fraction of sp³-hybridized carbons (Fsp3) is 0.625. The second-order valence-corrected chi connectivity index (χ2v) is 5.49. The monoisotopic (exact) mass is 217 g/mol. The van der Waals surface area contributed by atoms with Gasteiger partial charge in [-0.25, -0.2) is 13.4 Å². The highest BCUT2D eigenvalue weighted by molar-refractivity contribution is 7.91. The highest BCUT2D eigenvalue weighted by Crippen LogP contribution is 1.99. The maximum Gasteiger partial charge on any atom is 0.151 e. The van der Waals surface area contributed by atoms with E-state index in [9.17, 15) is 8.42 Å². The summed E-state index contributed by atoms with van der Waals surface area (Å²) >= 11 is 0. The molecule has 14 heavy (non-hydrogen) atoms. The van der Waals surface area contributed by atoms with Crippen LogP contribution in [-0.4, -0.2) is 29.5 Å². The average molecular weight is 217 g/mol. The Morgan fingerprint density at radius 1 is 1.57 bits per heavy atom. The number of rotatable bonds is 5. The predicted molar refractivity (Wildman–Crippen MR) is 54.4 cm³/mol. The molecule has 1 aromatic rings. The molecule has 0 saturated heterocycles. The quantitative estimate of drug-likeness (QED) is 0.739. The number of nitrogens with two attached hydrogens (primary N) is 1. The number of imidazole rings is 1. The van der Waals surface area contributed by atoms with Crippen LogP contribution in [0, 0.1) is 0 Å². The second-order valence-electron chi connectivity index (χ2n) is 3.02. The van der Waals surface area contributed by atoms with Gasteiger partial charge in [-0.3, -0.25) is 0 Å². The van der Waals surface area contributed by atoms with Crippen molar-refractivity contribution >= 4 is 9.84 Å². The first kappa shape index (κ1) is 11.2. The van der Waals surface area contributed by atoms with Crippen LogP contribution >= 0.6 is 0 Å². The maximum atomic E-state index is 11.2. The van der Waals surface area contributed by atoms with Crippen LogP contribution in [0.3, 0.4) is 0 Å². The Morgan fingerprint density at radius 2 is 2.29 bits per heavy atom. The van der Waals surface area contributed by atoms with Crippen molar-refractivity contribution in [2.75, 3.05) is 11.5 Å². The topological polar surface area (TPSA) is 78.0 Å². The number of sulfone groups is 1. The number of nitrogens with zero attached hydrogens (tertiary/aromatic N) is 2. The van der Waals surface area contributed by atoms with Crippen LogP contribution in [0.15, 0.2) is 12.5 Å². The van der Waals surface area contributed by atoms with Crippen LogP contribution in [-0.2, 0) is 22.9 Å². The lowest BCUT2D eigenvalue weighted by molar-refractivity contribution is 0.588. The molecule has 0 saturated carbocycles. The first-order valence-electron chi connectivity index (χ1n) is 4.48. The van der Waals surface area contributed by atoms with Gasteiger partial charge in [0.15, 0.2) is 9.84 Å². The first-order valence-corrected chi connectivity index (χ1v) is 6.30. The van der Waals surface area contributed by atoms with Crippen molar-refractivity contribution in [3.05, 3.63) is 18.2 Å². The summed E-state index contributed by atoms with van der Waals surface area (Å²) in [5.74, 6) is 0.326. The normalized spacial score (nSPS) is 11.9. The molecule has 1 rings (SSSR count). The van der Waals surface area contributed by atoms with Gasteiger partial charge in [0.05, 0.1) is 17.8 Å². The Hall–Kier alpha value is -0.880. The molecule has 1 heterocycles. The minimum absolute atomic E-state index is 0.146. The summed E-state index contributed by atoms with van der Waals surface area (Å²) in [5, 5.41) is 0. The van der Waals surface area contributed by atoms with E-state index in [0.717, 1.165) is 5.69 Å². The van der Waals surface area contributed by atoms with Crippen LogP contribution < -0.4 is 5.73 Å². The molecule has 0 aliphatic rings. The molecule has 0 atom stereocenters. The van der Waals surface area contributed by atoms with E-state index >= 15 is 0 Å². The maximum absolute atomic E-state index is 11.2. The van der Waals surface area contributed by atoms with Gasteiger partial charge in [0, 0.05) is 25.0 Å². The summed E-state index contributed by atoms with van der Waals surface area (Å²) in [6, 6.07) is 0. The van der Waals surface area contributed by atoms with Gasteiger partial charge in [-0.05, 0) is 0 Å². The SMILES string of the molecule is CCS(=O)(=O)CCn1cncc1CN. The summed E-state index contributed by atoms with van der Waals surface area (Å²) in [7, 11) is -2.91.